The predicted molar refractivity (Wildman–Crippen MR) is 85.4 cm³/mol. The average Bonchev–Trinajstić information content (AvgIpc) is 2.69. The molecule has 22 heavy (non-hydrogen) atoms. The van der Waals surface area contributed by atoms with Gasteiger partial charge in [0.05, 0.1) is 5.69 Å². The second-order valence-corrected chi connectivity index (χ2v) is 7.57. The van der Waals surface area contributed by atoms with Crippen molar-refractivity contribution in [3.05, 3.63) is 21.6 Å². The first-order valence-corrected chi connectivity index (χ1v) is 8.67. The molecule has 0 atom stereocenters. The van der Waals surface area contributed by atoms with Gasteiger partial charge in [0.2, 0.25) is 5.95 Å². The van der Waals surface area contributed by atoms with Crippen LogP contribution in [-0.4, -0.2) is 67.8 Å². The molecule has 8 nitrogen and oxygen atoms in total. The minimum Gasteiger partial charge on any atom is -0.348 e. The van der Waals surface area contributed by atoms with E-state index in [0.717, 1.165) is 0 Å². The van der Waals surface area contributed by atoms with E-state index < -0.39 is 10.2 Å². The highest BCUT2D eigenvalue weighted by Gasteiger charge is 2.29. The fourth-order valence-electron chi connectivity index (χ4n) is 2.38. The molecule has 0 bridgehead atoms. The van der Waals surface area contributed by atoms with Crippen LogP contribution in [0.3, 0.4) is 0 Å². The second kappa shape index (κ2) is 6.35. The van der Waals surface area contributed by atoms with Gasteiger partial charge in [0.1, 0.15) is 0 Å². The fourth-order valence-corrected chi connectivity index (χ4v) is 3.74. The van der Waals surface area contributed by atoms with Crippen molar-refractivity contribution in [2.75, 3.05) is 45.7 Å². The number of hydrogen-bond acceptors (Lipinski definition) is 5. The summed E-state index contributed by atoms with van der Waals surface area (Å²) in [6.07, 6.45) is 0.818. The van der Waals surface area contributed by atoms with Crippen molar-refractivity contribution in [3.63, 3.8) is 0 Å². The number of nitrogens with zero attached hydrogens (tertiary/aromatic N) is 4. The van der Waals surface area contributed by atoms with E-state index in [9.17, 15) is 13.2 Å². The molecular formula is C13H23N5O3S. The van der Waals surface area contributed by atoms with Gasteiger partial charge >= 0.3 is 0 Å². The van der Waals surface area contributed by atoms with Crippen molar-refractivity contribution < 1.29 is 8.42 Å². The lowest BCUT2D eigenvalue weighted by Gasteiger charge is -2.25. The number of aromatic nitrogens is 2. The lowest BCUT2D eigenvalue weighted by molar-refractivity contribution is 0.372. The van der Waals surface area contributed by atoms with Gasteiger partial charge in [-0.25, -0.2) is 4.98 Å². The largest absolute Gasteiger partial charge is 0.348 e. The van der Waals surface area contributed by atoms with E-state index in [4.69, 9.17) is 0 Å². The van der Waals surface area contributed by atoms with Gasteiger partial charge in [0.25, 0.3) is 15.8 Å². The molecule has 1 aliphatic rings. The maximum absolute atomic E-state index is 12.4. The van der Waals surface area contributed by atoms with Crippen LogP contribution in [-0.2, 0) is 23.1 Å². The van der Waals surface area contributed by atoms with Gasteiger partial charge < -0.3 is 4.90 Å². The van der Waals surface area contributed by atoms with Crippen molar-refractivity contribution >= 4 is 16.2 Å². The number of hydrogen-bond donors (Lipinski definition) is 1. The van der Waals surface area contributed by atoms with E-state index in [1.807, 2.05) is 0 Å². The molecule has 9 heteroatoms. The lowest BCUT2D eigenvalue weighted by atomic mass is 10.1. The summed E-state index contributed by atoms with van der Waals surface area (Å²) in [5.41, 5.74) is 1.09. The molecule has 1 aliphatic heterocycles. The summed E-state index contributed by atoms with van der Waals surface area (Å²) in [4.78, 5) is 21.1. The molecule has 124 valence electrons. The van der Waals surface area contributed by atoms with Crippen molar-refractivity contribution in [2.24, 2.45) is 0 Å². The van der Waals surface area contributed by atoms with E-state index in [1.54, 1.807) is 33.0 Å². The Morgan fingerprint density at radius 2 is 1.86 bits per heavy atom. The van der Waals surface area contributed by atoms with Gasteiger partial charge in [-0.05, 0) is 6.42 Å². The molecule has 0 aromatic carbocycles. The van der Waals surface area contributed by atoms with E-state index >= 15 is 0 Å². The first-order chi connectivity index (χ1) is 10.3. The van der Waals surface area contributed by atoms with Crippen molar-refractivity contribution in [3.8, 4) is 0 Å². The Hall–Kier alpha value is -1.45. The number of fused-ring (bicyclic) bond motifs is 1. The lowest BCUT2D eigenvalue weighted by Crippen LogP contribution is -2.43. The molecule has 0 amide bonds. The third-order valence-electron chi connectivity index (χ3n) is 3.89. The van der Waals surface area contributed by atoms with Crippen LogP contribution in [0.4, 0.5) is 5.95 Å². The third kappa shape index (κ3) is 3.16. The Morgan fingerprint density at radius 1 is 1.23 bits per heavy atom. The predicted octanol–water partition coefficient (Wildman–Crippen LogP) is -0.567. The summed E-state index contributed by atoms with van der Waals surface area (Å²) in [5, 5.41) is 0. The smallest absolute Gasteiger partial charge is 0.281 e. The van der Waals surface area contributed by atoms with Crippen LogP contribution < -0.4 is 10.5 Å². The highest BCUT2D eigenvalue weighted by molar-refractivity contribution is 7.86. The molecule has 2 heterocycles. The van der Waals surface area contributed by atoms with Crippen molar-refractivity contribution in [1.29, 1.82) is 0 Å². The zero-order chi connectivity index (χ0) is 16.5. The summed E-state index contributed by atoms with van der Waals surface area (Å²) >= 11 is 0. The van der Waals surface area contributed by atoms with Crippen molar-refractivity contribution in [2.45, 2.75) is 19.8 Å². The topological polar surface area (TPSA) is 89.6 Å². The number of anilines is 1. The Balaban J connectivity index is 2.31. The molecule has 2 rings (SSSR count). The van der Waals surface area contributed by atoms with Crippen LogP contribution in [0.1, 0.15) is 18.2 Å². The van der Waals surface area contributed by atoms with Crippen LogP contribution in [0, 0.1) is 0 Å². The summed E-state index contributed by atoms with van der Waals surface area (Å²) in [5.74, 6) is 0.491. The van der Waals surface area contributed by atoms with Gasteiger partial charge in [-0.3, -0.25) is 9.78 Å². The molecule has 1 aromatic heterocycles. The monoisotopic (exact) mass is 329 g/mol. The molecule has 1 aromatic rings. The van der Waals surface area contributed by atoms with Crippen LogP contribution in [0.25, 0.3) is 0 Å². The molecule has 0 fully saturated rings. The van der Waals surface area contributed by atoms with Gasteiger partial charge in [0.15, 0.2) is 0 Å². The number of aromatic amines is 1. The summed E-state index contributed by atoms with van der Waals surface area (Å²) in [6, 6.07) is 0. The van der Waals surface area contributed by atoms with Gasteiger partial charge in [-0.1, -0.05) is 6.92 Å². The highest BCUT2D eigenvalue weighted by atomic mass is 32.2. The summed E-state index contributed by atoms with van der Waals surface area (Å²) in [7, 11) is 1.68. The van der Waals surface area contributed by atoms with E-state index in [1.165, 1.54) is 8.61 Å². The van der Waals surface area contributed by atoms with Crippen molar-refractivity contribution in [1.82, 2.24) is 18.6 Å². The van der Waals surface area contributed by atoms with Crippen LogP contribution in [0.15, 0.2) is 4.79 Å². The van der Waals surface area contributed by atoms with E-state index in [0.29, 0.717) is 49.7 Å². The van der Waals surface area contributed by atoms with E-state index in [-0.39, 0.29) is 5.56 Å². The average molecular weight is 329 g/mol. The van der Waals surface area contributed by atoms with Gasteiger partial charge in [-0.15, -0.1) is 0 Å². The fraction of sp³-hybridized carbons (Fsp3) is 0.692. The summed E-state index contributed by atoms with van der Waals surface area (Å²) in [6.45, 7) is 2.84. The van der Waals surface area contributed by atoms with Gasteiger partial charge in [0, 0.05) is 52.8 Å². The minimum absolute atomic E-state index is 0.184. The zero-order valence-corrected chi connectivity index (χ0v) is 14.3. The third-order valence-corrected chi connectivity index (χ3v) is 5.95. The number of H-pyrrole nitrogens is 1. The maximum atomic E-state index is 12.4. The molecule has 0 saturated heterocycles. The molecule has 0 spiro atoms. The quantitative estimate of drug-likeness (QED) is 0.799. The minimum atomic E-state index is -3.48. The maximum Gasteiger partial charge on any atom is 0.281 e. The van der Waals surface area contributed by atoms with Gasteiger partial charge in [-0.2, -0.15) is 17.0 Å². The Labute approximate surface area is 130 Å². The molecular weight excluding hydrogens is 306 g/mol. The molecule has 0 aliphatic carbocycles. The number of rotatable bonds is 4. The van der Waals surface area contributed by atoms with Crippen LogP contribution in [0.2, 0.25) is 0 Å². The first-order valence-electron chi connectivity index (χ1n) is 7.28. The second-order valence-electron chi connectivity index (χ2n) is 5.53. The van der Waals surface area contributed by atoms with Crippen LogP contribution >= 0.6 is 0 Å². The van der Waals surface area contributed by atoms with E-state index in [2.05, 4.69) is 9.97 Å². The SMILES string of the molecule is CCN(C)S(=O)(=O)N1CCc2nc(N(C)C)[nH]c(=O)c2CC1. The Bertz CT molecular complexity index is 698. The normalized spacial score (nSPS) is 16.4. The molecule has 0 saturated carbocycles. The standard InChI is InChI=1S/C13H23N5O3S/c1-5-17(4)22(20,21)18-8-6-10-11(7-9-18)14-13(16(2)3)15-12(10)19/h5-9H2,1-4H3,(H,14,15,19). The first kappa shape index (κ1) is 16.9. The highest BCUT2D eigenvalue weighted by Crippen LogP contribution is 2.16. The zero-order valence-electron chi connectivity index (χ0n) is 13.5. The molecule has 0 radical (unpaired) electrons. The Kier molecular flexibility index (Phi) is 4.88. The summed E-state index contributed by atoms with van der Waals surface area (Å²) < 4.78 is 27.6. The van der Waals surface area contributed by atoms with Crippen LogP contribution in [0.5, 0.6) is 0 Å². The molecule has 0 unspecified atom stereocenters. The number of nitrogens with one attached hydrogen (secondary N) is 1. The Morgan fingerprint density at radius 3 is 2.45 bits per heavy atom. The molecule has 1 N–H and O–H groups in total.